The fourth-order valence-electron chi connectivity index (χ4n) is 3.09. The number of ether oxygens (including phenoxy) is 1. The van der Waals surface area contributed by atoms with Gasteiger partial charge in [0.05, 0.1) is 22.8 Å². The van der Waals surface area contributed by atoms with Crippen molar-refractivity contribution in [3.05, 3.63) is 97.1 Å². The molecule has 0 radical (unpaired) electrons. The van der Waals surface area contributed by atoms with E-state index in [1.54, 1.807) is 24.3 Å². The third-order valence-electron chi connectivity index (χ3n) is 4.51. The molecule has 5 heteroatoms. The SMILES string of the molecule is N=C1C=CC=CC1=N.Nc1ccc(N2c3ccccc3Oc3ccccc32)cc1. The number of nitrogen functional groups attached to an aromatic ring is 1. The van der Waals surface area contributed by atoms with Gasteiger partial charge in [0.25, 0.3) is 0 Å². The van der Waals surface area contributed by atoms with Crippen molar-refractivity contribution in [3.63, 3.8) is 0 Å². The second kappa shape index (κ2) is 7.86. The first-order valence-corrected chi connectivity index (χ1v) is 9.17. The molecule has 0 spiro atoms. The normalized spacial score (nSPS) is 13.7. The van der Waals surface area contributed by atoms with Crippen molar-refractivity contribution < 1.29 is 4.74 Å². The Bertz CT molecular complexity index is 1060. The largest absolute Gasteiger partial charge is 0.453 e. The highest BCUT2D eigenvalue weighted by molar-refractivity contribution is 6.48. The lowest BCUT2D eigenvalue weighted by atomic mass is 10.1. The number of fused-ring (bicyclic) bond motifs is 2. The second-order valence-corrected chi connectivity index (χ2v) is 6.51. The van der Waals surface area contributed by atoms with Gasteiger partial charge in [0.15, 0.2) is 11.5 Å². The summed E-state index contributed by atoms with van der Waals surface area (Å²) in [5, 5.41) is 14.1. The van der Waals surface area contributed by atoms with Crippen LogP contribution in [0.4, 0.5) is 22.7 Å². The average molecular weight is 380 g/mol. The molecular formula is C24H20N4O. The third-order valence-corrected chi connectivity index (χ3v) is 4.51. The van der Waals surface area contributed by atoms with Crippen LogP contribution < -0.4 is 15.4 Å². The number of allylic oxidation sites excluding steroid dienone is 4. The molecule has 29 heavy (non-hydrogen) atoms. The molecule has 3 aromatic rings. The molecule has 0 aromatic heterocycles. The molecule has 0 saturated carbocycles. The minimum atomic E-state index is 0.285. The highest BCUT2D eigenvalue weighted by atomic mass is 16.5. The van der Waals surface area contributed by atoms with E-state index in [4.69, 9.17) is 21.3 Å². The number of rotatable bonds is 1. The van der Waals surface area contributed by atoms with Crippen molar-refractivity contribution in [1.29, 1.82) is 10.8 Å². The minimum absolute atomic E-state index is 0.285. The van der Waals surface area contributed by atoms with E-state index in [1.165, 1.54) is 0 Å². The van der Waals surface area contributed by atoms with Crippen LogP contribution in [0.25, 0.3) is 0 Å². The number of benzene rings is 3. The predicted octanol–water partition coefficient (Wildman–Crippen LogP) is 6.00. The highest BCUT2D eigenvalue weighted by Gasteiger charge is 2.24. The van der Waals surface area contributed by atoms with Gasteiger partial charge >= 0.3 is 0 Å². The molecule has 3 aromatic carbocycles. The van der Waals surface area contributed by atoms with Crippen molar-refractivity contribution in [2.45, 2.75) is 0 Å². The standard InChI is InChI=1S/C18H14N2O.C6H6N2/c19-13-9-11-14(12-10-13)20-15-5-1-3-7-17(15)21-18-8-4-2-6-16(18)20;7-5-3-1-2-4-6(5)8/h1-12H,19H2;1-4,7-8H. The van der Waals surface area contributed by atoms with Crippen LogP contribution >= 0.6 is 0 Å². The number of nitrogens with two attached hydrogens (primary N) is 1. The third kappa shape index (κ3) is 3.80. The molecule has 1 aliphatic heterocycles. The van der Waals surface area contributed by atoms with Crippen LogP contribution in [0.2, 0.25) is 0 Å². The molecule has 1 heterocycles. The maximum atomic E-state index is 7.03. The molecule has 0 atom stereocenters. The number of anilines is 4. The zero-order valence-corrected chi connectivity index (χ0v) is 15.7. The summed E-state index contributed by atoms with van der Waals surface area (Å²) in [6.45, 7) is 0. The summed E-state index contributed by atoms with van der Waals surface area (Å²) in [7, 11) is 0. The molecule has 2 aliphatic rings. The van der Waals surface area contributed by atoms with Gasteiger partial charge in [-0.05, 0) is 60.7 Å². The number of hydrogen-bond donors (Lipinski definition) is 3. The zero-order valence-electron chi connectivity index (χ0n) is 15.7. The lowest BCUT2D eigenvalue weighted by Crippen LogP contribution is -2.15. The molecule has 4 N–H and O–H groups in total. The van der Waals surface area contributed by atoms with Crippen LogP contribution in [0.3, 0.4) is 0 Å². The Morgan fingerprint density at radius 3 is 1.62 bits per heavy atom. The van der Waals surface area contributed by atoms with Crippen LogP contribution in [-0.4, -0.2) is 11.4 Å². The molecule has 142 valence electrons. The first kappa shape index (κ1) is 18.3. The quantitative estimate of drug-likeness (QED) is 0.280. The maximum Gasteiger partial charge on any atom is 0.151 e. The van der Waals surface area contributed by atoms with E-state index in [-0.39, 0.29) is 11.4 Å². The van der Waals surface area contributed by atoms with E-state index in [1.807, 2.05) is 60.7 Å². The summed E-state index contributed by atoms with van der Waals surface area (Å²) < 4.78 is 5.99. The Kier molecular flexibility index (Phi) is 4.95. The van der Waals surface area contributed by atoms with Crippen molar-refractivity contribution in [2.24, 2.45) is 0 Å². The van der Waals surface area contributed by atoms with Crippen LogP contribution in [0.1, 0.15) is 0 Å². The van der Waals surface area contributed by atoms with Crippen LogP contribution in [-0.2, 0) is 0 Å². The lowest BCUT2D eigenvalue weighted by Gasteiger charge is -2.32. The molecular weight excluding hydrogens is 360 g/mol. The summed E-state index contributed by atoms with van der Waals surface area (Å²) in [5.41, 5.74) is 10.2. The fraction of sp³-hybridized carbons (Fsp3) is 0. The van der Waals surface area contributed by atoms with Crippen LogP contribution in [0.5, 0.6) is 11.5 Å². The smallest absolute Gasteiger partial charge is 0.151 e. The van der Waals surface area contributed by atoms with E-state index in [0.29, 0.717) is 0 Å². The van der Waals surface area contributed by atoms with Gasteiger partial charge in [-0.3, -0.25) is 10.8 Å². The number of nitrogens with one attached hydrogen (secondary N) is 2. The molecule has 0 saturated heterocycles. The summed E-state index contributed by atoms with van der Waals surface area (Å²) >= 11 is 0. The number of para-hydroxylation sites is 4. The van der Waals surface area contributed by atoms with Gasteiger partial charge in [0, 0.05) is 11.4 Å². The Balaban J connectivity index is 0.000000216. The van der Waals surface area contributed by atoms with Gasteiger partial charge in [-0.25, -0.2) is 0 Å². The molecule has 0 fully saturated rings. The highest BCUT2D eigenvalue weighted by Crippen LogP contribution is 2.49. The van der Waals surface area contributed by atoms with E-state index >= 15 is 0 Å². The Hall–Kier alpha value is -4.12. The van der Waals surface area contributed by atoms with Gasteiger partial charge in [-0.15, -0.1) is 0 Å². The second-order valence-electron chi connectivity index (χ2n) is 6.51. The van der Waals surface area contributed by atoms with Gasteiger partial charge < -0.3 is 15.4 Å². The van der Waals surface area contributed by atoms with Gasteiger partial charge in [-0.1, -0.05) is 36.4 Å². The van der Waals surface area contributed by atoms with E-state index < -0.39 is 0 Å². The molecule has 0 amide bonds. The average Bonchev–Trinajstić information content (AvgIpc) is 2.75. The molecule has 5 rings (SSSR count). The van der Waals surface area contributed by atoms with E-state index in [2.05, 4.69) is 17.0 Å². The summed E-state index contributed by atoms with van der Waals surface area (Å²) in [6, 6.07) is 23.9. The Morgan fingerprint density at radius 2 is 1.14 bits per heavy atom. The van der Waals surface area contributed by atoms with Gasteiger partial charge in [0.1, 0.15) is 0 Å². The number of nitrogens with zero attached hydrogens (tertiary/aromatic N) is 1. The van der Waals surface area contributed by atoms with Crippen LogP contribution in [0.15, 0.2) is 97.1 Å². The summed E-state index contributed by atoms with van der Waals surface area (Å²) in [5.74, 6) is 1.71. The molecule has 1 aliphatic carbocycles. The first-order chi connectivity index (χ1) is 14.1. The van der Waals surface area contributed by atoms with Gasteiger partial charge in [0.2, 0.25) is 0 Å². The Morgan fingerprint density at radius 1 is 0.655 bits per heavy atom. The summed E-state index contributed by atoms with van der Waals surface area (Å²) in [6.07, 6.45) is 6.70. The topological polar surface area (TPSA) is 86.2 Å². The molecule has 5 nitrogen and oxygen atoms in total. The lowest BCUT2D eigenvalue weighted by molar-refractivity contribution is 0.477. The molecule has 0 unspecified atom stereocenters. The van der Waals surface area contributed by atoms with Crippen molar-refractivity contribution >= 4 is 34.2 Å². The zero-order chi connectivity index (χ0) is 20.2. The minimum Gasteiger partial charge on any atom is -0.453 e. The van der Waals surface area contributed by atoms with Crippen molar-refractivity contribution in [3.8, 4) is 11.5 Å². The maximum absolute atomic E-state index is 7.03. The summed E-state index contributed by atoms with van der Waals surface area (Å²) in [4.78, 5) is 2.19. The first-order valence-electron chi connectivity index (χ1n) is 9.17. The molecule has 0 bridgehead atoms. The monoisotopic (exact) mass is 380 g/mol. The van der Waals surface area contributed by atoms with E-state index in [0.717, 1.165) is 34.2 Å². The predicted molar refractivity (Wildman–Crippen MR) is 119 cm³/mol. The Labute approximate surface area is 169 Å². The van der Waals surface area contributed by atoms with Crippen molar-refractivity contribution in [2.75, 3.05) is 10.6 Å². The fourth-order valence-corrected chi connectivity index (χ4v) is 3.09. The van der Waals surface area contributed by atoms with Crippen molar-refractivity contribution in [1.82, 2.24) is 0 Å². The number of hydrogen-bond acceptors (Lipinski definition) is 5. The van der Waals surface area contributed by atoms with Gasteiger partial charge in [-0.2, -0.15) is 0 Å². The van der Waals surface area contributed by atoms with Crippen LogP contribution in [0, 0.1) is 10.8 Å². The van der Waals surface area contributed by atoms with E-state index in [9.17, 15) is 0 Å².